The van der Waals surface area contributed by atoms with Gasteiger partial charge in [-0.25, -0.2) is 0 Å². The topological polar surface area (TPSA) is 58.2 Å². The second-order valence-electron chi connectivity index (χ2n) is 5.25. The first kappa shape index (κ1) is 17.4. The predicted octanol–water partition coefficient (Wildman–Crippen LogP) is 3.94. The van der Waals surface area contributed by atoms with Crippen molar-refractivity contribution < 1.29 is 21.6 Å². The summed E-state index contributed by atoms with van der Waals surface area (Å²) in [5, 5.41) is -0.476. The molecule has 124 valence electrons. The second-order valence-corrected chi connectivity index (χ2v) is 7.10. The molecule has 9 heteroatoms. The minimum absolute atomic E-state index is 0.180. The fourth-order valence-electron chi connectivity index (χ4n) is 2.43. The van der Waals surface area contributed by atoms with Crippen molar-refractivity contribution in [1.29, 1.82) is 0 Å². The Morgan fingerprint density at radius 2 is 1.77 bits per heavy atom. The van der Waals surface area contributed by atoms with Crippen molar-refractivity contribution in [1.82, 2.24) is 4.72 Å². The van der Waals surface area contributed by atoms with E-state index in [0.717, 1.165) is 38.2 Å². The number of halogens is 4. The van der Waals surface area contributed by atoms with Gasteiger partial charge in [-0.3, -0.25) is 4.72 Å². The normalized spacial score (nSPS) is 17.5. The van der Waals surface area contributed by atoms with Gasteiger partial charge in [-0.1, -0.05) is 30.9 Å². The quantitative estimate of drug-likeness (QED) is 0.858. The van der Waals surface area contributed by atoms with Gasteiger partial charge in [-0.15, -0.1) is 0 Å². The van der Waals surface area contributed by atoms with Crippen LogP contribution in [0.15, 0.2) is 18.2 Å². The molecule has 0 aliphatic heterocycles. The fraction of sp³-hybridized carbons (Fsp3) is 0.538. The molecule has 2 N–H and O–H groups in total. The van der Waals surface area contributed by atoms with Crippen LogP contribution in [0.25, 0.3) is 0 Å². The average Bonchev–Trinajstić information content (AvgIpc) is 2.40. The van der Waals surface area contributed by atoms with Crippen molar-refractivity contribution >= 4 is 27.5 Å². The van der Waals surface area contributed by atoms with E-state index in [1.54, 1.807) is 0 Å². The zero-order valence-electron chi connectivity index (χ0n) is 11.6. The van der Waals surface area contributed by atoms with Gasteiger partial charge in [-0.05, 0) is 31.0 Å². The average molecular weight is 357 g/mol. The molecule has 0 radical (unpaired) electrons. The first-order valence-electron chi connectivity index (χ1n) is 6.84. The van der Waals surface area contributed by atoms with Gasteiger partial charge in [0.1, 0.15) is 0 Å². The van der Waals surface area contributed by atoms with Crippen molar-refractivity contribution in [3.63, 3.8) is 0 Å². The largest absolute Gasteiger partial charge is 0.417 e. The van der Waals surface area contributed by atoms with Crippen LogP contribution in [0.4, 0.5) is 18.9 Å². The van der Waals surface area contributed by atoms with Gasteiger partial charge < -0.3 is 0 Å². The van der Waals surface area contributed by atoms with E-state index < -0.39 is 27.0 Å². The molecular weight excluding hydrogens is 341 g/mol. The molecule has 1 aliphatic carbocycles. The van der Waals surface area contributed by atoms with Crippen molar-refractivity contribution in [2.24, 2.45) is 0 Å². The molecule has 1 aromatic rings. The van der Waals surface area contributed by atoms with Crippen LogP contribution in [-0.2, 0) is 16.4 Å². The highest BCUT2D eigenvalue weighted by atomic mass is 35.5. The van der Waals surface area contributed by atoms with Crippen LogP contribution < -0.4 is 9.44 Å². The number of hydrogen-bond acceptors (Lipinski definition) is 2. The van der Waals surface area contributed by atoms with Crippen LogP contribution >= 0.6 is 11.6 Å². The SMILES string of the molecule is O=S(=O)(Nc1ccc(Cl)c(C(F)(F)F)c1)NC1CCCCC1. The van der Waals surface area contributed by atoms with E-state index in [9.17, 15) is 21.6 Å². The van der Waals surface area contributed by atoms with E-state index in [2.05, 4.69) is 9.44 Å². The summed E-state index contributed by atoms with van der Waals surface area (Å²) >= 11 is 5.49. The monoisotopic (exact) mass is 356 g/mol. The molecule has 0 spiro atoms. The molecule has 22 heavy (non-hydrogen) atoms. The number of anilines is 1. The van der Waals surface area contributed by atoms with Crippen LogP contribution in [0.1, 0.15) is 37.7 Å². The molecule has 2 rings (SSSR count). The minimum Gasteiger partial charge on any atom is -0.271 e. The Morgan fingerprint density at radius 1 is 1.14 bits per heavy atom. The number of hydrogen-bond donors (Lipinski definition) is 2. The summed E-state index contributed by atoms with van der Waals surface area (Å²) in [5.41, 5.74) is -1.26. The lowest BCUT2D eigenvalue weighted by Gasteiger charge is -2.23. The Balaban J connectivity index is 2.12. The van der Waals surface area contributed by atoms with Crippen molar-refractivity contribution in [3.8, 4) is 0 Å². The number of benzene rings is 1. The smallest absolute Gasteiger partial charge is 0.271 e. The van der Waals surface area contributed by atoms with Crippen molar-refractivity contribution in [2.75, 3.05) is 4.72 Å². The summed E-state index contributed by atoms with van der Waals surface area (Å²) in [6.45, 7) is 0. The molecule has 0 heterocycles. The van der Waals surface area contributed by atoms with Gasteiger partial charge in [0.15, 0.2) is 0 Å². The van der Waals surface area contributed by atoms with Gasteiger partial charge in [0.25, 0.3) is 10.2 Å². The highest BCUT2D eigenvalue weighted by molar-refractivity contribution is 7.90. The molecule has 1 aromatic carbocycles. The summed E-state index contributed by atoms with van der Waals surface area (Å²) in [6.07, 6.45) is -0.240. The zero-order chi connectivity index (χ0) is 16.4. The van der Waals surface area contributed by atoms with Crippen LogP contribution in [0.2, 0.25) is 5.02 Å². The van der Waals surface area contributed by atoms with Crippen molar-refractivity contribution in [3.05, 3.63) is 28.8 Å². The zero-order valence-corrected chi connectivity index (χ0v) is 13.2. The van der Waals surface area contributed by atoms with Crippen LogP contribution in [0.5, 0.6) is 0 Å². The lowest BCUT2D eigenvalue weighted by Crippen LogP contribution is -2.39. The van der Waals surface area contributed by atoms with E-state index in [-0.39, 0.29) is 11.7 Å². The summed E-state index contributed by atoms with van der Waals surface area (Å²) in [5.74, 6) is 0. The molecule has 0 unspecified atom stereocenters. The Hall–Kier alpha value is -0.990. The molecule has 0 atom stereocenters. The Morgan fingerprint density at radius 3 is 2.36 bits per heavy atom. The molecule has 0 aromatic heterocycles. The molecule has 0 saturated heterocycles. The summed E-state index contributed by atoms with van der Waals surface area (Å²) < 4.78 is 66.8. The number of alkyl halides is 3. The third-order valence-corrected chi connectivity index (χ3v) is 4.93. The summed E-state index contributed by atoms with van der Waals surface area (Å²) in [4.78, 5) is 0. The van der Waals surface area contributed by atoms with E-state index in [1.165, 1.54) is 6.07 Å². The fourth-order valence-corrected chi connectivity index (χ4v) is 3.83. The van der Waals surface area contributed by atoms with Crippen LogP contribution in [-0.4, -0.2) is 14.5 Å². The Labute approximate surface area is 132 Å². The van der Waals surface area contributed by atoms with E-state index in [4.69, 9.17) is 11.6 Å². The van der Waals surface area contributed by atoms with E-state index in [0.29, 0.717) is 6.07 Å². The predicted molar refractivity (Wildman–Crippen MR) is 79.0 cm³/mol. The highest BCUT2D eigenvalue weighted by Gasteiger charge is 2.33. The maximum atomic E-state index is 12.8. The van der Waals surface area contributed by atoms with Gasteiger partial charge in [-0.2, -0.15) is 26.3 Å². The van der Waals surface area contributed by atoms with E-state index in [1.807, 2.05) is 0 Å². The van der Waals surface area contributed by atoms with Crippen LogP contribution in [0, 0.1) is 0 Å². The first-order chi connectivity index (χ1) is 10.2. The summed E-state index contributed by atoms with van der Waals surface area (Å²) in [7, 11) is -3.92. The molecule has 0 amide bonds. The van der Waals surface area contributed by atoms with Gasteiger partial charge in [0.2, 0.25) is 0 Å². The lowest BCUT2D eigenvalue weighted by atomic mass is 9.96. The second kappa shape index (κ2) is 6.64. The molecular formula is C13H16ClF3N2O2S. The molecule has 0 bridgehead atoms. The molecule has 1 saturated carbocycles. The summed E-state index contributed by atoms with van der Waals surface area (Å²) in [6, 6.07) is 2.71. The van der Waals surface area contributed by atoms with Crippen molar-refractivity contribution in [2.45, 2.75) is 44.3 Å². The first-order valence-corrected chi connectivity index (χ1v) is 8.70. The van der Waals surface area contributed by atoms with Gasteiger partial charge in [0, 0.05) is 6.04 Å². The maximum Gasteiger partial charge on any atom is 0.417 e. The maximum absolute atomic E-state index is 12.8. The lowest BCUT2D eigenvalue weighted by molar-refractivity contribution is -0.137. The van der Waals surface area contributed by atoms with Gasteiger partial charge in [0.05, 0.1) is 16.3 Å². The standard InChI is InChI=1S/C13H16ClF3N2O2S/c14-12-7-6-10(8-11(12)13(15,16)17)19-22(20,21)18-9-4-2-1-3-5-9/h6-9,18-19H,1-5H2. The minimum atomic E-state index is -4.64. The van der Waals surface area contributed by atoms with Gasteiger partial charge >= 0.3 is 6.18 Å². The third kappa shape index (κ3) is 4.76. The van der Waals surface area contributed by atoms with Crippen LogP contribution in [0.3, 0.4) is 0 Å². The number of nitrogens with one attached hydrogen (secondary N) is 2. The molecule has 1 aliphatic rings. The Kier molecular flexibility index (Phi) is 5.24. The highest BCUT2D eigenvalue weighted by Crippen LogP contribution is 2.36. The molecule has 4 nitrogen and oxygen atoms in total. The molecule has 1 fully saturated rings. The Bertz CT molecular complexity index is 629. The van der Waals surface area contributed by atoms with E-state index >= 15 is 0 Å². The third-order valence-electron chi connectivity index (χ3n) is 3.45. The number of rotatable bonds is 4.